The highest BCUT2D eigenvalue weighted by Crippen LogP contribution is 2.32. The fourth-order valence-corrected chi connectivity index (χ4v) is 2.91. The molecule has 4 nitrogen and oxygen atoms in total. The van der Waals surface area contributed by atoms with Crippen molar-refractivity contribution in [1.82, 2.24) is 9.97 Å². The molecule has 2 rings (SSSR count). The van der Waals surface area contributed by atoms with E-state index in [0.29, 0.717) is 19.7 Å². The summed E-state index contributed by atoms with van der Waals surface area (Å²) >= 11 is 5.73. The van der Waals surface area contributed by atoms with Crippen molar-refractivity contribution in [2.45, 2.75) is 58.7 Å². The molecule has 8 heteroatoms. The molecule has 0 bridgehead atoms. The minimum absolute atomic E-state index is 0.199. The van der Waals surface area contributed by atoms with Crippen molar-refractivity contribution in [3.05, 3.63) is 17.0 Å². The second kappa shape index (κ2) is 8.85. The molecule has 1 aromatic heterocycles. The second-order valence-corrected chi connectivity index (χ2v) is 5.81. The Morgan fingerprint density at radius 3 is 2.50 bits per heavy atom. The van der Waals surface area contributed by atoms with Crippen LogP contribution in [0.3, 0.4) is 0 Å². The lowest BCUT2D eigenvalue weighted by Crippen LogP contribution is -2.52. The van der Waals surface area contributed by atoms with Crippen LogP contribution in [0.25, 0.3) is 0 Å². The van der Waals surface area contributed by atoms with Crippen LogP contribution in [0.15, 0.2) is 6.07 Å². The molecule has 2 heterocycles. The van der Waals surface area contributed by atoms with Crippen LogP contribution in [0.1, 0.15) is 52.8 Å². The Bertz CT molecular complexity index is 524. The van der Waals surface area contributed by atoms with E-state index in [-0.39, 0.29) is 16.6 Å². The quantitative estimate of drug-likeness (QED) is 0.705. The molecule has 0 aliphatic carbocycles. The summed E-state index contributed by atoms with van der Waals surface area (Å²) in [4.78, 5) is 8.70. The first-order valence-corrected chi connectivity index (χ1v) is 8.68. The highest BCUT2D eigenvalue weighted by molar-refractivity contribution is 6.29. The Hall–Kier alpha value is -1.08. The molecule has 1 saturated heterocycles. The molecule has 0 N–H and O–H groups in total. The summed E-state index contributed by atoms with van der Waals surface area (Å²) in [5.74, 6) is -1.01. The van der Waals surface area contributed by atoms with Gasteiger partial charge in [0.05, 0.1) is 12.2 Å². The Morgan fingerprint density at radius 2 is 1.96 bits per heavy atom. The third-order valence-corrected chi connectivity index (χ3v) is 4.05. The summed E-state index contributed by atoms with van der Waals surface area (Å²) in [6.07, 6.45) is -2.02. The molecule has 1 aliphatic heterocycles. The molecule has 1 fully saturated rings. The number of aromatic nitrogens is 2. The van der Waals surface area contributed by atoms with Gasteiger partial charge in [0.15, 0.2) is 0 Å². The van der Waals surface area contributed by atoms with Crippen molar-refractivity contribution < 1.29 is 17.9 Å². The van der Waals surface area contributed by atoms with Crippen molar-refractivity contribution in [1.29, 1.82) is 0 Å². The topological polar surface area (TPSA) is 38.2 Å². The van der Waals surface area contributed by atoms with Crippen molar-refractivity contribution in [3.63, 3.8) is 0 Å². The van der Waals surface area contributed by atoms with E-state index in [1.807, 2.05) is 20.8 Å². The van der Waals surface area contributed by atoms with E-state index >= 15 is 0 Å². The Labute approximate surface area is 146 Å². The highest BCUT2D eigenvalue weighted by atomic mass is 35.5. The van der Waals surface area contributed by atoms with E-state index in [2.05, 4.69) is 16.9 Å². The number of halogens is 4. The number of anilines is 1. The van der Waals surface area contributed by atoms with Crippen LogP contribution in [0.5, 0.6) is 0 Å². The normalized spacial score (nSPS) is 21.2. The van der Waals surface area contributed by atoms with E-state index < -0.39 is 12.0 Å². The van der Waals surface area contributed by atoms with Crippen LogP contribution < -0.4 is 4.90 Å². The standard InChI is InChI=1S/C14H19ClF3N3O.C2H6/c1-3-5-13(4-2)9-21(6-7-22-13)11-8-10(15)19-12(20-11)14(16,17)18;1-2/h8H,3-7,9H2,1-2H3;1-2H3. The third kappa shape index (κ3) is 5.21. The summed E-state index contributed by atoms with van der Waals surface area (Å²) in [5, 5.41) is -0.207. The molecular weight excluding hydrogens is 343 g/mol. The number of ether oxygens (including phenoxy) is 1. The van der Waals surface area contributed by atoms with Gasteiger partial charge in [-0.05, 0) is 12.8 Å². The van der Waals surface area contributed by atoms with Crippen LogP contribution in [0.4, 0.5) is 19.0 Å². The fraction of sp³-hybridized carbons (Fsp3) is 0.750. The fourth-order valence-electron chi connectivity index (χ4n) is 2.73. The van der Waals surface area contributed by atoms with E-state index in [9.17, 15) is 13.2 Å². The van der Waals surface area contributed by atoms with Crippen LogP contribution >= 0.6 is 11.6 Å². The first-order chi connectivity index (χ1) is 11.3. The van der Waals surface area contributed by atoms with Gasteiger partial charge in [0, 0.05) is 19.2 Å². The number of hydrogen-bond acceptors (Lipinski definition) is 4. The zero-order valence-corrected chi connectivity index (χ0v) is 15.3. The number of nitrogens with zero attached hydrogens (tertiary/aromatic N) is 3. The van der Waals surface area contributed by atoms with E-state index in [0.717, 1.165) is 19.3 Å². The molecule has 1 unspecified atom stereocenters. The average Bonchev–Trinajstić information content (AvgIpc) is 2.56. The maximum atomic E-state index is 12.8. The molecule has 138 valence electrons. The number of alkyl halides is 3. The summed E-state index contributed by atoms with van der Waals surface area (Å²) in [7, 11) is 0. The molecule has 0 radical (unpaired) electrons. The van der Waals surface area contributed by atoms with Gasteiger partial charge in [-0.3, -0.25) is 0 Å². The van der Waals surface area contributed by atoms with E-state index in [1.165, 1.54) is 6.07 Å². The predicted molar refractivity (Wildman–Crippen MR) is 89.5 cm³/mol. The molecule has 1 atom stereocenters. The van der Waals surface area contributed by atoms with Gasteiger partial charge in [-0.2, -0.15) is 13.2 Å². The molecule has 1 aromatic rings. The maximum Gasteiger partial charge on any atom is 0.451 e. The SMILES string of the molecule is CC.CCCC1(CC)CN(c2cc(Cl)nc(C(F)(F)F)n2)CCO1. The monoisotopic (exact) mass is 367 g/mol. The number of morpholine rings is 1. The Kier molecular flexibility index (Phi) is 7.73. The first-order valence-electron chi connectivity index (χ1n) is 8.30. The van der Waals surface area contributed by atoms with Gasteiger partial charge < -0.3 is 9.64 Å². The molecule has 0 saturated carbocycles. The second-order valence-electron chi connectivity index (χ2n) is 5.43. The van der Waals surface area contributed by atoms with Crippen LogP contribution in [-0.2, 0) is 10.9 Å². The molecule has 24 heavy (non-hydrogen) atoms. The smallest absolute Gasteiger partial charge is 0.371 e. The number of rotatable bonds is 4. The van der Waals surface area contributed by atoms with Crippen molar-refractivity contribution >= 4 is 17.4 Å². The minimum atomic E-state index is -4.61. The third-order valence-electron chi connectivity index (χ3n) is 3.86. The summed E-state index contributed by atoms with van der Waals surface area (Å²) in [6, 6.07) is 1.37. The Balaban J connectivity index is 0.00000139. The van der Waals surface area contributed by atoms with Gasteiger partial charge in [0.25, 0.3) is 0 Å². The van der Waals surface area contributed by atoms with Gasteiger partial charge in [0.1, 0.15) is 11.0 Å². The predicted octanol–water partition coefficient (Wildman–Crippen LogP) is 4.96. The first kappa shape index (κ1) is 21.0. The maximum absolute atomic E-state index is 12.8. The average molecular weight is 368 g/mol. The lowest BCUT2D eigenvalue weighted by Gasteiger charge is -2.43. The van der Waals surface area contributed by atoms with E-state index in [4.69, 9.17) is 16.3 Å². The van der Waals surface area contributed by atoms with Crippen molar-refractivity contribution in [2.24, 2.45) is 0 Å². The zero-order valence-electron chi connectivity index (χ0n) is 14.6. The summed E-state index contributed by atoms with van der Waals surface area (Å²) < 4.78 is 44.4. The minimum Gasteiger partial charge on any atom is -0.371 e. The van der Waals surface area contributed by atoms with Crippen molar-refractivity contribution in [3.8, 4) is 0 Å². The van der Waals surface area contributed by atoms with Crippen LogP contribution in [0, 0.1) is 0 Å². The lowest BCUT2D eigenvalue weighted by molar-refractivity contribution is -0.144. The highest BCUT2D eigenvalue weighted by Gasteiger charge is 2.38. The summed E-state index contributed by atoms with van der Waals surface area (Å²) in [6.45, 7) is 9.52. The van der Waals surface area contributed by atoms with Gasteiger partial charge in [-0.15, -0.1) is 0 Å². The van der Waals surface area contributed by atoms with Gasteiger partial charge in [0.2, 0.25) is 5.82 Å². The molecule has 1 aliphatic rings. The van der Waals surface area contributed by atoms with E-state index in [1.54, 1.807) is 4.90 Å². The van der Waals surface area contributed by atoms with Crippen molar-refractivity contribution in [2.75, 3.05) is 24.6 Å². The van der Waals surface area contributed by atoms with Crippen LogP contribution in [-0.4, -0.2) is 35.3 Å². The molecular formula is C16H25ClF3N3O. The zero-order chi connectivity index (χ0) is 18.4. The largest absolute Gasteiger partial charge is 0.451 e. The molecule has 0 amide bonds. The lowest BCUT2D eigenvalue weighted by atomic mass is 9.92. The van der Waals surface area contributed by atoms with Gasteiger partial charge in [-0.1, -0.05) is 45.7 Å². The van der Waals surface area contributed by atoms with Gasteiger partial charge in [-0.25, -0.2) is 9.97 Å². The number of hydrogen-bond donors (Lipinski definition) is 0. The summed E-state index contributed by atoms with van der Waals surface area (Å²) in [5.41, 5.74) is -0.344. The molecule has 0 spiro atoms. The van der Waals surface area contributed by atoms with Gasteiger partial charge >= 0.3 is 6.18 Å². The molecule has 0 aromatic carbocycles. The van der Waals surface area contributed by atoms with Crippen LogP contribution in [0.2, 0.25) is 5.15 Å². The Morgan fingerprint density at radius 1 is 1.29 bits per heavy atom.